The zero-order chi connectivity index (χ0) is 18.6. The number of nitro groups is 1. The van der Waals surface area contributed by atoms with Crippen LogP contribution in [0.25, 0.3) is 0 Å². The summed E-state index contributed by atoms with van der Waals surface area (Å²) in [6.07, 6.45) is -0.579. The second-order valence-electron chi connectivity index (χ2n) is 6.23. The van der Waals surface area contributed by atoms with Crippen molar-refractivity contribution in [2.45, 2.75) is 26.4 Å². The van der Waals surface area contributed by atoms with Gasteiger partial charge in [-0.05, 0) is 39.0 Å². The Bertz CT molecular complexity index is 799. The molecule has 132 valence electrons. The van der Waals surface area contributed by atoms with Crippen LogP contribution in [0.2, 0.25) is 0 Å². The van der Waals surface area contributed by atoms with Crippen molar-refractivity contribution in [1.82, 2.24) is 0 Å². The van der Waals surface area contributed by atoms with Gasteiger partial charge in [-0.1, -0.05) is 6.07 Å². The molecule has 3 N–H and O–H groups in total. The van der Waals surface area contributed by atoms with Gasteiger partial charge in [0, 0.05) is 23.9 Å². The minimum atomic E-state index is -0.603. The first-order valence-electron chi connectivity index (χ1n) is 7.46. The van der Waals surface area contributed by atoms with Gasteiger partial charge in [0.25, 0.3) is 5.69 Å². The van der Waals surface area contributed by atoms with Gasteiger partial charge in [0.2, 0.25) is 0 Å². The van der Waals surface area contributed by atoms with Gasteiger partial charge in [-0.15, -0.1) is 0 Å². The molecule has 0 fully saturated rings. The van der Waals surface area contributed by atoms with E-state index >= 15 is 0 Å². The molecule has 0 bridgehead atoms. The Balaban J connectivity index is 2.10. The summed E-state index contributed by atoms with van der Waals surface area (Å²) in [5.41, 5.74) is 5.34. The molecule has 0 spiro atoms. The van der Waals surface area contributed by atoms with E-state index < -0.39 is 16.6 Å². The molecule has 0 saturated carbocycles. The van der Waals surface area contributed by atoms with Gasteiger partial charge in [0.15, 0.2) is 0 Å². The number of carbonyl (C=O) groups is 1. The van der Waals surface area contributed by atoms with E-state index in [1.54, 1.807) is 45.0 Å². The van der Waals surface area contributed by atoms with Gasteiger partial charge >= 0.3 is 6.09 Å². The molecule has 0 aromatic heterocycles. The zero-order valence-corrected chi connectivity index (χ0v) is 14.1. The summed E-state index contributed by atoms with van der Waals surface area (Å²) in [7, 11) is 0. The number of rotatable bonds is 4. The van der Waals surface area contributed by atoms with Crippen LogP contribution in [-0.4, -0.2) is 16.6 Å². The quantitative estimate of drug-likeness (QED) is 0.484. The Hall–Kier alpha value is -3.29. The Kier molecular flexibility index (Phi) is 5.11. The Morgan fingerprint density at radius 3 is 2.44 bits per heavy atom. The normalized spacial score (nSPS) is 10.8. The van der Waals surface area contributed by atoms with E-state index in [1.165, 1.54) is 18.2 Å². The first kappa shape index (κ1) is 18.1. The zero-order valence-electron chi connectivity index (χ0n) is 14.1. The number of nitrogens with zero attached hydrogens (tertiary/aromatic N) is 1. The fraction of sp³-hybridized carbons (Fsp3) is 0.235. The number of ether oxygens (including phenoxy) is 2. The Morgan fingerprint density at radius 1 is 1.16 bits per heavy atom. The second kappa shape index (κ2) is 7.08. The maximum Gasteiger partial charge on any atom is 0.412 e. The lowest BCUT2D eigenvalue weighted by Gasteiger charge is -2.19. The number of anilines is 2. The van der Waals surface area contributed by atoms with E-state index in [1.807, 2.05) is 0 Å². The van der Waals surface area contributed by atoms with Gasteiger partial charge in [-0.3, -0.25) is 15.4 Å². The molecule has 0 heterocycles. The third-order valence-corrected chi connectivity index (χ3v) is 2.91. The van der Waals surface area contributed by atoms with Gasteiger partial charge in [-0.2, -0.15) is 0 Å². The number of hydrogen-bond donors (Lipinski definition) is 2. The van der Waals surface area contributed by atoms with Crippen LogP contribution in [0.1, 0.15) is 20.8 Å². The minimum absolute atomic E-state index is 0.00512. The number of nitrogens with two attached hydrogens (primary N) is 1. The molecule has 0 aliphatic heterocycles. The number of nitrogens with one attached hydrogen (secondary N) is 1. The van der Waals surface area contributed by atoms with E-state index in [9.17, 15) is 14.9 Å². The Morgan fingerprint density at radius 2 is 1.84 bits per heavy atom. The maximum absolute atomic E-state index is 11.8. The van der Waals surface area contributed by atoms with E-state index in [0.29, 0.717) is 17.2 Å². The van der Waals surface area contributed by atoms with Crippen LogP contribution in [-0.2, 0) is 4.74 Å². The number of nitro benzene ring substituents is 1. The lowest BCUT2D eigenvalue weighted by molar-refractivity contribution is -0.383. The first-order chi connectivity index (χ1) is 11.6. The van der Waals surface area contributed by atoms with Crippen molar-refractivity contribution < 1.29 is 19.2 Å². The van der Waals surface area contributed by atoms with Crippen molar-refractivity contribution in [3.8, 4) is 11.5 Å². The predicted octanol–water partition coefficient (Wildman–Crippen LogP) is 4.32. The molecule has 0 unspecified atom stereocenters. The molecule has 0 aliphatic carbocycles. The number of hydrogen-bond acceptors (Lipinski definition) is 6. The van der Waals surface area contributed by atoms with Crippen LogP contribution in [0.15, 0.2) is 42.5 Å². The standard InChI is InChI=1S/C17H19N3O5/c1-17(2,3)25-16(21)19-11-5-4-6-12(9-11)24-13-7-8-15(20(22)23)14(18)10-13/h4-10H,18H2,1-3H3,(H,19,21). The molecular weight excluding hydrogens is 326 g/mol. The molecule has 2 aromatic carbocycles. The van der Waals surface area contributed by atoms with Crippen LogP contribution in [0.5, 0.6) is 11.5 Å². The Labute approximate surface area is 144 Å². The summed E-state index contributed by atoms with van der Waals surface area (Å²) >= 11 is 0. The van der Waals surface area contributed by atoms with Crippen molar-refractivity contribution in [3.63, 3.8) is 0 Å². The summed E-state index contributed by atoms with van der Waals surface area (Å²) in [4.78, 5) is 22.0. The van der Waals surface area contributed by atoms with Gasteiger partial charge < -0.3 is 15.2 Å². The molecule has 0 aliphatic rings. The van der Waals surface area contributed by atoms with E-state index in [4.69, 9.17) is 15.2 Å². The van der Waals surface area contributed by atoms with Crippen LogP contribution < -0.4 is 15.8 Å². The molecule has 8 nitrogen and oxygen atoms in total. The predicted molar refractivity (Wildman–Crippen MR) is 93.9 cm³/mol. The number of carbonyl (C=O) groups excluding carboxylic acids is 1. The van der Waals surface area contributed by atoms with Crippen LogP contribution in [0, 0.1) is 10.1 Å². The summed E-state index contributed by atoms with van der Waals surface area (Å²) in [6.45, 7) is 5.31. The highest BCUT2D eigenvalue weighted by Gasteiger charge is 2.16. The third kappa shape index (κ3) is 5.38. The van der Waals surface area contributed by atoms with Gasteiger partial charge in [0.1, 0.15) is 22.8 Å². The summed E-state index contributed by atoms with van der Waals surface area (Å²) in [6, 6.07) is 10.7. The number of nitrogen functional groups attached to an aromatic ring is 1. The van der Waals surface area contributed by atoms with E-state index in [2.05, 4.69) is 5.32 Å². The average Bonchev–Trinajstić information content (AvgIpc) is 2.45. The number of benzene rings is 2. The van der Waals surface area contributed by atoms with Gasteiger partial charge in [-0.25, -0.2) is 4.79 Å². The lowest BCUT2D eigenvalue weighted by atomic mass is 10.2. The topological polar surface area (TPSA) is 117 Å². The first-order valence-corrected chi connectivity index (χ1v) is 7.46. The van der Waals surface area contributed by atoms with Crippen molar-refractivity contribution >= 4 is 23.2 Å². The molecule has 2 aromatic rings. The maximum atomic E-state index is 11.8. The van der Waals surface area contributed by atoms with Crippen molar-refractivity contribution in [2.24, 2.45) is 0 Å². The lowest BCUT2D eigenvalue weighted by Crippen LogP contribution is -2.27. The van der Waals surface area contributed by atoms with E-state index in [-0.39, 0.29) is 11.4 Å². The molecule has 0 saturated heterocycles. The fourth-order valence-electron chi connectivity index (χ4n) is 1.96. The second-order valence-corrected chi connectivity index (χ2v) is 6.23. The monoisotopic (exact) mass is 345 g/mol. The molecular formula is C17H19N3O5. The van der Waals surface area contributed by atoms with E-state index in [0.717, 1.165) is 0 Å². The molecule has 0 atom stereocenters. The summed E-state index contributed by atoms with van der Waals surface area (Å²) in [5, 5.41) is 13.4. The van der Waals surface area contributed by atoms with Crippen molar-refractivity contribution in [2.75, 3.05) is 11.1 Å². The van der Waals surface area contributed by atoms with Crippen LogP contribution >= 0.6 is 0 Å². The SMILES string of the molecule is CC(C)(C)OC(=O)Nc1cccc(Oc2ccc([N+](=O)[O-])c(N)c2)c1. The number of amides is 1. The highest BCUT2D eigenvalue weighted by molar-refractivity contribution is 5.85. The van der Waals surface area contributed by atoms with Crippen molar-refractivity contribution in [1.29, 1.82) is 0 Å². The average molecular weight is 345 g/mol. The van der Waals surface area contributed by atoms with Gasteiger partial charge in [0.05, 0.1) is 4.92 Å². The van der Waals surface area contributed by atoms with Crippen molar-refractivity contribution in [3.05, 3.63) is 52.6 Å². The highest BCUT2D eigenvalue weighted by Crippen LogP contribution is 2.30. The van der Waals surface area contributed by atoms with Crippen LogP contribution in [0.4, 0.5) is 21.9 Å². The third-order valence-electron chi connectivity index (χ3n) is 2.91. The summed E-state index contributed by atoms with van der Waals surface area (Å²) in [5.74, 6) is 0.777. The summed E-state index contributed by atoms with van der Waals surface area (Å²) < 4.78 is 10.8. The highest BCUT2D eigenvalue weighted by atomic mass is 16.6. The smallest absolute Gasteiger partial charge is 0.412 e. The molecule has 0 radical (unpaired) electrons. The molecule has 1 amide bonds. The fourth-order valence-corrected chi connectivity index (χ4v) is 1.96. The molecule has 2 rings (SSSR count). The largest absolute Gasteiger partial charge is 0.457 e. The van der Waals surface area contributed by atoms with Crippen LogP contribution in [0.3, 0.4) is 0 Å². The molecule has 25 heavy (non-hydrogen) atoms. The molecule has 8 heteroatoms. The minimum Gasteiger partial charge on any atom is -0.457 e.